The number of rotatable bonds is 7. The highest BCUT2D eigenvalue weighted by Crippen LogP contribution is 2.19. The zero-order valence-electron chi connectivity index (χ0n) is 11.2. The van der Waals surface area contributed by atoms with Crippen molar-refractivity contribution in [3.8, 4) is 0 Å². The number of aromatic nitrogens is 2. The van der Waals surface area contributed by atoms with E-state index in [1.54, 1.807) is 12.5 Å². The van der Waals surface area contributed by atoms with Crippen molar-refractivity contribution in [2.45, 2.75) is 44.4 Å². The molecular weight excluding hydrogens is 262 g/mol. The van der Waals surface area contributed by atoms with Crippen LogP contribution in [0.3, 0.4) is 0 Å². The van der Waals surface area contributed by atoms with Gasteiger partial charge in [-0.15, -0.1) is 0 Å². The molecule has 0 radical (unpaired) electrons. The summed E-state index contributed by atoms with van der Waals surface area (Å²) in [6.07, 6.45) is 6.60. The summed E-state index contributed by atoms with van der Waals surface area (Å²) in [6.45, 7) is 1.45. The Morgan fingerprint density at radius 3 is 2.80 bits per heavy atom. The minimum atomic E-state index is -0.999. The number of carbonyl (C=O) groups is 2. The van der Waals surface area contributed by atoms with Crippen LogP contribution < -0.4 is 5.32 Å². The van der Waals surface area contributed by atoms with Gasteiger partial charge in [0, 0.05) is 25.5 Å². The van der Waals surface area contributed by atoms with Gasteiger partial charge in [-0.05, 0) is 25.7 Å². The summed E-state index contributed by atoms with van der Waals surface area (Å²) in [6, 6.07) is 0. The summed E-state index contributed by atoms with van der Waals surface area (Å²) >= 11 is 0. The number of nitrogens with one attached hydrogen (secondary N) is 1. The molecule has 7 heteroatoms. The average Bonchev–Trinajstić information content (AvgIpc) is 3.09. The van der Waals surface area contributed by atoms with Crippen LogP contribution in [-0.4, -0.2) is 45.3 Å². The number of amides is 1. The van der Waals surface area contributed by atoms with E-state index in [2.05, 4.69) is 10.3 Å². The van der Waals surface area contributed by atoms with Crippen molar-refractivity contribution >= 4 is 11.9 Å². The van der Waals surface area contributed by atoms with Crippen LogP contribution in [0, 0.1) is 0 Å². The zero-order valence-corrected chi connectivity index (χ0v) is 11.2. The largest absolute Gasteiger partial charge is 0.479 e. The van der Waals surface area contributed by atoms with Gasteiger partial charge in [0.15, 0.2) is 6.10 Å². The quantitative estimate of drug-likeness (QED) is 0.706. The molecule has 1 fully saturated rings. The van der Waals surface area contributed by atoms with Gasteiger partial charge in [0.1, 0.15) is 6.10 Å². The number of carboxylic acid groups (broad SMARTS) is 1. The molecular formula is C13H19N3O4. The Morgan fingerprint density at radius 2 is 2.15 bits per heavy atom. The fourth-order valence-corrected chi connectivity index (χ4v) is 2.18. The molecule has 0 spiro atoms. The molecule has 1 aromatic rings. The van der Waals surface area contributed by atoms with Crippen LogP contribution in [0.5, 0.6) is 0 Å². The van der Waals surface area contributed by atoms with Crippen molar-refractivity contribution in [3.63, 3.8) is 0 Å². The molecule has 2 N–H and O–H groups in total. The number of imidazole rings is 1. The molecule has 0 saturated carbocycles. The summed E-state index contributed by atoms with van der Waals surface area (Å²) in [5, 5.41) is 11.6. The van der Waals surface area contributed by atoms with E-state index >= 15 is 0 Å². The standard InChI is InChI=1S/C13H19N3O4/c17-12(10-3-4-11(20-10)13(18)19)15-5-1-2-7-16-8-6-14-9-16/h6,8-11H,1-5,7H2,(H,15,17)(H,18,19)/t10-,11+/m0/s1. The van der Waals surface area contributed by atoms with Gasteiger partial charge in [0.05, 0.1) is 6.33 Å². The second kappa shape index (κ2) is 7.04. The fraction of sp³-hybridized carbons (Fsp3) is 0.615. The van der Waals surface area contributed by atoms with Gasteiger partial charge in [-0.3, -0.25) is 4.79 Å². The summed E-state index contributed by atoms with van der Waals surface area (Å²) in [5.74, 6) is -1.21. The molecule has 1 aliphatic rings. The minimum absolute atomic E-state index is 0.212. The lowest BCUT2D eigenvalue weighted by atomic mass is 10.2. The third-order valence-electron chi connectivity index (χ3n) is 3.29. The highest BCUT2D eigenvalue weighted by Gasteiger charge is 2.34. The van der Waals surface area contributed by atoms with E-state index in [9.17, 15) is 9.59 Å². The first-order valence-electron chi connectivity index (χ1n) is 6.78. The Balaban J connectivity index is 1.57. The third kappa shape index (κ3) is 4.06. The molecule has 0 aliphatic carbocycles. The SMILES string of the molecule is O=C(NCCCCn1ccnc1)[C@@H]1CC[C@H](C(=O)O)O1. The summed E-state index contributed by atoms with van der Waals surface area (Å²) in [7, 11) is 0. The van der Waals surface area contributed by atoms with Crippen molar-refractivity contribution in [3.05, 3.63) is 18.7 Å². The van der Waals surface area contributed by atoms with Gasteiger partial charge in [-0.25, -0.2) is 9.78 Å². The molecule has 2 atom stereocenters. The van der Waals surface area contributed by atoms with Gasteiger partial charge in [-0.2, -0.15) is 0 Å². The van der Waals surface area contributed by atoms with E-state index in [4.69, 9.17) is 9.84 Å². The Morgan fingerprint density at radius 1 is 1.35 bits per heavy atom. The molecule has 1 aromatic heterocycles. The van der Waals surface area contributed by atoms with Crippen molar-refractivity contribution in [2.24, 2.45) is 0 Å². The molecule has 0 bridgehead atoms. The van der Waals surface area contributed by atoms with Crippen LogP contribution >= 0.6 is 0 Å². The number of hydrogen-bond donors (Lipinski definition) is 2. The van der Waals surface area contributed by atoms with E-state index in [0.717, 1.165) is 19.4 Å². The van der Waals surface area contributed by atoms with Crippen LogP contribution in [0.1, 0.15) is 25.7 Å². The van der Waals surface area contributed by atoms with E-state index in [1.807, 2.05) is 10.8 Å². The van der Waals surface area contributed by atoms with Gasteiger partial charge in [0.25, 0.3) is 0 Å². The van der Waals surface area contributed by atoms with E-state index in [0.29, 0.717) is 19.4 Å². The number of nitrogens with zero attached hydrogens (tertiary/aromatic N) is 2. The number of aryl methyl sites for hydroxylation is 1. The van der Waals surface area contributed by atoms with Gasteiger partial charge >= 0.3 is 5.97 Å². The molecule has 110 valence electrons. The second-order valence-corrected chi connectivity index (χ2v) is 4.83. The lowest BCUT2D eigenvalue weighted by molar-refractivity contribution is -0.151. The monoisotopic (exact) mass is 281 g/mol. The molecule has 1 amide bonds. The van der Waals surface area contributed by atoms with Crippen LogP contribution in [-0.2, 0) is 20.9 Å². The van der Waals surface area contributed by atoms with E-state index < -0.39 is 18.2 Å². The Labute approximate surface area is 116 Å². The number of ether oxygens (including phenoxy) is 1. The first-order valence-corrected chi connectivity index (χ1v) is 6.78. The lowest BCUT2D eigenvalue weighted by Crippen LogP contribution is -2.36. The number of unbranched alkanes of at least 4 members (excludes halogenated alkanes) is 1. The second-order valence-electron chi connectivity index (χ2n) is 4.83. The number of carbonyl (C=O) groups excluding carboxylic acids is 1. The maximum atomic E-state index is 11.8. The van der Waals surface area contributed by atoms with Crippen LogP contribution in [0.2, 0.25) is 0 Å². The van der Waals surface area contributed by atoms with Crippen molar-refractivity contribution in [2.75, 3.05) is 6.54 Å². The van der Waals surface area contributed by atoms with E-state index in [1.165, 1.54) is 0 Å². The van der Waals surface area contributed by atoms with Crippen LogP contribution in [0.15, 0.2) is 18.7 Å². The first kappa shape index (κ1) is 14.5. The summed E-state index contributed by atoms with van der Waals surface area (Å²) in [5.41, 5.74) is 0. The van der Waals surface area contributed by atoms with Crippen molar-refractivity contribution < 1.29 is 19.4 Å². The van der Waals surface area contributed by atoms with Crippen LogP contribution in [0.25, 0.3) is 0 Å². The first-order chi connectivity index (χ1) is 9.66. The fourth-order valence-electron chi connectivity index (χ4n) is 2.18. The predicted molar refractivity (Wildman–Crippen MR) is 70.0 cm³/mol. The smallest absolute Gasteiger partial charge is 0.332 e. The highest BCUT2D eigenvalue weighted by molar-refractivity contribution is 5.82. The third-order valence-corrected chi connectivity index (χ3v) is 3.29. The maximum Gasteiger partial charge on any atom is 0.332 e. The molecule has 20 heavy (non-hydrogen) atoms. The number of hydrogen-bond acceptors (Lipinski definition) is 4. The molecule has 1 aliphatic heterocycles. The molecule has 0 aromatic carbocycles. The molecule has 2 rings (SSSR count). The Bertz CT molecular complexity index is 446. The van der Waals surface area contributed by atoms with Gasteiger partial charge in [0.2, 0.25) is 5.91 Å². The topological polar surface area (TPSA) is 93.5 Å². The maximum absolute atomic E-state index is 11.8. The molecule has 1 saturated heterocycles. The zero-order chi connectivity index (χ0) is 14.4. The number of aliphatic carboxylic acids is 1. The van der Waals surface area contributed by atoms with Crippen LogP contribution in [0.4, 0.5) is 0 Å². The van der Waals surface area contributed by atoms with Crippen molar-refractivity contribution in [1.29, 1.82) is 0 Å². The van der Waals surface area contributed by atoms with Crippen molar-refractivity contribution in [1.82, 2.24) is 14.9 Å². The summed E-state index contributed by atoms with van der Waals surface area (Å²) in [4.78, 5) is 26.4. The summed E-state index contributed by atoms with van der Waals surface area (Å²) < 4.78 is 7.16. The average molecular weight is 281 g/mol. The highest BCUT2D eigenvalue weighted by atomic mass is 16.5. The predicted octanol–water partition coefficient (Wildman–Crippen LogP) is 0.412. The van der Waals surface area contributed by atoms with Gasteiger partial charge in [-0.1, -0.05) is 0 Å². The Hall–Kier alpha value is -1.89. The molecule has 2 heterocycles. The normalized spacial score (nSPS) is 21.8. The van der Waals surface area contributed by atoms with Gasteiger partial charge < -0.3 is 19.7 Å². The number of carboxylic acids is 1. The molecule has 0 unspecified atom stereocenters. The minimum Gasteiger partial charge on any atom is -0.479 e. The molecule has 7 nitrogen and oxygen atoms in total. The Kier molecular flexibility index (Phi) is 5.11. The van der Waals surface area contributed by atoms with E-state index in [-0.39, 0.29) is 5.91 Å². The lowest BCUT2D eigenvalue weighted by Gasteiger charge is -2.11.